The molecule has 244 valence electrons. The van der Waals surface area contributed by atoms with Crippen molar-refractivity contribution in [3.8, 4) is 33.4 Å². The zero-order chi connectivity index (χ0) is 34.5. The highest BCUT2D eigenvalue weighted by Crippen LogP contribution is 2.59. The summed E-state index contributed by atoms with van der Waals surface area (Å²) in [7, 11) is 0. The highest BCUT2D eigenvalue weighted by atomic mass is 15.1. The fraction of sp³-hybridized carbons (Fsp3) is 0.120. The van der Waals surface area contributed by atoms with Gasteiger partial charge in [0.25, 0.3) is 0 Å². The van der Waals surface area contributed by atoms with Gasteiger partial charge in [0.15, 0.2) is 0 Å². The van der Waals surface area contributed by atoms with Crippen molar-refractivity contribution in [3.05, 3.63) is 186 Å². The maximum atomic E-state index is 2.57. The SMILES string of the molecule is CC1(C)c2ccccc2-c2cccc(N(c3ccc(-c4ccc5ccccc5c4)cc3)c3cc4ccccc4c4c3-c3ccccc3C4(C)C)c21. The Hall–Kier alpha value is -5.92. The first kappa shape index (κ1) is 29.9. The third-order valence-electron chi connectivity index (χ3n) is 11.8. The average Bonchev–Trinajstić information content (AvgIpc) is 3.56. The lowest BCUT2D eigenvalue weighted by molar-refractivity contribution is 0.660. The van der Waals surface area contributed by atoms with Crippen LogP contribution in [0, 0.1) is 0 Å². The number of anilines is 3. The summed E-state index contributed by atoms with van der Waals surface area (Å²) in [5, 5.41) is 5.12. The van der Waals surface area contributed by atoms with Crippen LogP contribution in [0.25, 0.3) is 54.9 Å². The summed E-state index contributed by atoms with van der Waals surface area (Å²) in [5.41, 5.74) is 16.6. The van der Waals surface area contributed by atoms with Crippen molar-refractivity contribution in [1.82, 2.24) is 0 Å². The Morgan fingerprint density at radius 1 is 0.392 bits per heavy atom. The fourth-order valence-corrected chi connectivity index (χ4v) is 9.40. The van der Waals surface area contributed by atoms with Crippen molar-refractivity contribution in [3.63, 3.8) is 0 Å². The lowest BCUT2D eigenvalue weighted by Gasteiger charge is -2.34. The van der Waals surface area contributed by atoms with Crippen LogP contribution in [-0.4, -0.2) is 0 Å². The van der Waals surface area contributed by atoms with Gasteiger partial charge >= 0.3 is 0 Å². The lowest BCUT2D eigenvalue weighted by atomic mass is 9.79. The van der Waals surface area contributed by atoms with Gasteiger partial charge in [0.1, 0.15) is 0 Å². The third-order valence-corrected chi connectivity index (χ3v) is 11.8. The van der Waals surface area contributed by atoms with E-state index in [1.807, 2.05) is 0 Å². The molecule has 0 saturated heterocycles. The topological polar surface area (TPSA) is 3.24 Å². The van der Waals surface area contributed by atoms with E-state index in [9.17, 15) is 0 Å². The predicted molar refractivity (Wildman–Crippen MR) is 217 cm³/mol. The summed E-state index contributed by atoms with van der Waals surface area (Å²) in [6, 6.07) is 61.0. The summed E-state index contributed by atoms with van der Waals surface area (Å²) in [6.45, 7) is 9.59. The van der Waals surface area contributed by atoms with E-state index in [1.54, 1.807) is 0 Å². The molecule has 2 aliphatic carbocycles. The molecule has 51 heavy (non-hydrogen) atoms. The maximum Gasteiger partial charge on any atom is 0.0549 e. The van der Waals surface area contributed by atoms with E-state index in [0.29, 0.717) is 0 Å². The summed E-state index contributed by atoms with van der Waals surface area (Å²) in [6.07, 6.45) is 0. The first-order valence-corrected chi connectivity index (χ1v) is 18.1. The highest BCUT2D eigenvalue weighted by Gasteiger charge is 2.42. The van der Waals surface area contributed by atoms with Gasteiger partial charge in [-0.15, -0.1) is 0 Å². The Morgan fingerprint density at radius 2 is 0.980 bits per heavy atom. The molecule has 8 aromatic carbocycles. The molecular weight excluding hydrogens is 615 g/mol. The molecule has 0 fully saturated rings. The summed E-state index contributed by atoms with van der Waals surface area (Å²) >= 11 is 0. The number of hydrogen-bond donors (Lipinski definition) is 0. The maximum absolute atomic E-state index is 2.57. The molecule has 0 amide bonds. The first-order chi connectivity index (χ1) is 24.8. The fourth-order valence-electron chi connectivity index (χ4n) is 9.40. The van der Waals surface area contributed by atoms with E-state index in [4.69, 9.17) is 0 Å². The Balaban J connectivity index is 1.26. The quantitative estimate of drug-likeness (QED) is 0.183. The highest BCUT2D eigenvalue weighted by molar-refractivity contribution is 6.06. The Morgan fingerprint density at radius 3 is 1.76 bits per heavy atom. The van der Waals surface area contributed by atoms with E-state index in [-0.39, 0.29) is 10.8 Å². The van der Waals surface area contributed by atoms with Gasteiger partial charge in [-0.05, 0) is 102 Å². The Bertz CT molecular complexity index is 2690. The van der Waals surface area contributed by atoms with Gasteiger partial charge in [-0.1, -0.05) is 161 Å². The smallest absolute Gasteiger partial charge is 0.0549 e. The second kappa shape index (κ2) is 10.8. The van der Waals surface area contributed by atoms with Crippen molar-refractivity contribution in [2.45, 2.75) is 38.5 Å². The van der Waals surface area contributed by atoms with Crippen molar-refractivity contribution in [1.29, 1.82) is 0 Å². The minimum atomic E-state index is -0.178. The van der Waals surface area contributed by atoms with Crippen LogP contribution in [0.15, 0.2) is 164 Å². The molecule has 0 heterocycles. The van der Waals surface area contributed by atoms with Crippen molar-refractivity contribution in [2.24, 2.45) is 0 Å². The normalized spacial score (nSPS) is 14.6. The van der Waals surface area contributed by atoms with Crippen molar-refractivity contribution in [2.75, 3.05) is 4.90 Å². The van der Waals surface area contributed by atoms with Crippen LogP contribution in [0.4, 0.5) is 17.1 Å². The number of hydrogen-bond acceptors (Lipinski definition) is 1. The average molecular weight is 654 g/mol. The summed E-state index contributed by atoms with van der Waals surface area (Å²) in [5.74, 6) is 0. The Labute approximate surface area is 300 Å². The zero-order valence-corrected chi connectivity index (χ0v) is 29.5. The second-order valence-electron chi connectivity index (χ2n) is 15.4. The first-order valence-electron chi connectivity index (χ1n) is 18.1. The number of fused-ring (bicyclic) bond motifs is 9. The van der Waals surface area contributed by atoms with Crippen molar-refractivity contribution >= 4 is 38.6 Å². The minimum absolute atomic E-state index is 0.151. The predicted octanol–water partition coefficient (Wildman–Crippen LogP) is 13.7. The standard InChI is InChI=1S/C50H39N/c1-49(2)42-21-11-9-18-39(42)40-20-13-23-44(47(40)49)51(37-28-26-33(27-29-37)35-25-24-32-14-5-6-15-34(32)30-35)45-31-36-16-7-8-17-38(36)48-46(45)41-19-10-12-22-43(41)50(48,3)4/h5-31H,1-4H3. The van der Waals surface area contributed by atoms with Gasteiger partial charge in [-0.25, -0.2) is 0 Å². The van der Waals surface area contributed by atoms with Gasteiger partial charge in [-0.2, -0.15) is 0 Å². The van der Waals surface area contributed by atoms with Gasteiger partial charge in [0, 0.05) is 22.1 Å². The van der Waals surface area contributed by atoms with E-state index < -0.39 is 0 Å². The lowest BCUT2D eigenvalue weighted by Crippen LogP contribution is -2.21. The van der Waals surface area contributed by atoms with Crippen LogP contribution in [0.2, 0.25) is 0 Å². The van der Waals surface area contributed by atoms with Gasteiger partial charge in [0.2, 0.25) is 0 Å². The monoisotopic (exact) mass is 653 g/mol. The van der Waals surface area contributed by atoms with E-state index in [0.717, 1.165) is 5.69 Å². The van der Waals surface area contributed by atoms with Crippen LogP contribution in [0.5, 0.6) is 0 Å². The molecule has 0 aromatic heterocycles. The molecule has 0 aliphatic heterocycles. The molecule has 0 bridgehead atoms. The van der Waals surface area contributed by atoms with Crippen LogP contribution < -0.4 is 4.90 Å². The third kappa shape index (κ3) is 4.28. The summed E-state index contributed by atoms with van der Waals surface area (Å²) in [4.78, 5) is 2.57. The van der Waals surface area contributed by atoms with Crippen LogP contribution in [0.3, 0.4) is 0 Å². The molecule has 8 aromatic rings. The molecular formula is C50H39N. The van der Waals surface area contributed by atoms with Gasteiger partial charge in [-0.3, -0.25) is 0 Å². The molecule has 0 unspecified atom stereocenters. The zero-order valence-electron chi connectivity index (χ0n) is 29.5. The Kier molecular flexibility index (Phi) is 6.34. The van der Waals surface area contributed by atoms with E-state index >= 15 is 0 Å². The number of rotatable bonds is 4. The largest absolute Gasteiger partial charge is 0.310 e. The molecule has 0 spiro atoms. The van der Waals surface area contributed by atoms with Crippen LogP contribution in [-0.2, 0) is 10.8 Å². The molecule has 2 aliphatic rings. The number of nitrogens with zero attached hydrogens (tertiary/aromatic N) is 1. The molecule has 0 atom stereocenters. The van der Waals surface area contributed by atoms with Crippen LogP contribution >= 0.6 is 0 Å². The molecule has 10 rings (SSSR count). The molecule has 1 nitrogen and oxygen atoms in total. The van der Waals surface area contributed by atoms with Crippen LogP contribution in [0.1, 0.15) is 49.9 Å². The van der Waals surface area contributed by atoms with E-state index in [1.165, 1.54) is 88.6 Å². The summed E-state index contributed by atoms with van der Waals surface area (Å²) < 4.78 is 0. The van der Waals surface area contributed by atoms with E-state index in [2.05, 4.69) is 196 Å². The van der Waals surface area contributed by atoms with Gasteiger partial charge in [0.05, 0.1) is 11.4 Å². The number of benzene rings is 8. The minimum Gasteiger partial charge on any atom is -0.310 e. The van der Waals surface area contributed by atoms with Crippen molar-refractivity contribution < 1.29 is 0 Å². The molecule has 0 saturated carbocycles. The molecule has 0 N–H and O–H groups in total. The van der Waals surface area contributed by atoms with Gasteiger partial charge < -0.3 is 4.90 Å². The molecule has 1 heteroatoms. The second-order valence-corrected chi connectivity index (χ2v) is 15.4. The molecule has 0 radical (unpaired) electrons.